The molecule has 4 aliphatic carbocycles. The van der Waals surface area contributed by atoms with E-state index in [0.717, 1.165) is 69.4 Å². The number of aliphatic hydroxyl groups excluding tert-OH is 2. The molecule has 378 valence electrons. The number of furan rings is 1. The van der Waals surface area contributed by atoms with Gasteiger partial charge in [-0.2, -0.15) is 0 Å². The predicted molar refractivity (Wildman–Crippen MR) is 263 cm³/mol. The summed E-state index contributed by atoms with van der Waals surface area (Å²) in [5, 5.41) is 66.0. The number of carbonyl (C=O) groups is 3. The van der Waals surface area contributed by atoms with Crippen molar-refractivity contribution in [3.8, 4) is 0 Å². The number of aliphatic hydroxyl groups is 2. The Kier molecular flexibility index (Phi) is 15.7. The van der Waals surface area contributed by atoms with Crippen LogP contribution < -0.4 is 16.0 Å². The maximum absolute atomic E-state index is 13.4. The zero-order valence-corrected chi connectivity index (χ0v) is 40.9. The number of anilines is 2. The van der Waals surface area contributed by atoms with Gasteiger partial charge in [-0.3, -0.25) is 34.3 Å². The first-order valence-corrected chi connectivity index (χ1v) is 25.4. The minimum Gasteiger partial charge on any atom is -0.480 e. The highest BCUT2D eigenvalue weighted by molar-refractivity contribution is 5.99. The van der Waals surface area contributed by atoms with Gasteiger partial charge in [0.05, 0.1) is 41.0 Å². The first kappa shape index (κ1) is 50.7. The standard InChI is InChI=1S/C52H75N7O10/c1-32(5-14-47(62)55-35-8-6-33(7-9-35)23-37(53-27-48(63)64)28-57-19-17-56(4)18-20-58(22-21-57)29-49(65)66)40-10-11-41-50-42(26-46(61)52(40,41)3)51(2)16-15-36(24-34(51)25-45(50)60)54-43-12-13-44(59(67)68)39-31-69-30-38(39)43/h6-9,12-13,30-32,34,36-37,40-42,45-46,50,53-54,60-61H,5,10-11,14-29H2,1-4H3,(H,55,62)(H,63,64)(H,65,66)/t32?,34-,36?,37?,40+,41?,42?,45+,46-,50?,51-,52+/m0/s1. The quantitative estimate of drug-likeness (QED) is 0.0608. The number of likely N-dealkylation sites (N-methyl/N-ethyl adjacent to an activating group) is 1. The number of hydrogen-bond donors (Lipinski definition) is 7. The van der Waals surface area contributed by atoms with Crippen molar-refractivity contribution in [3.63, 3.8) is 0 Å². The highest BCUT2D eigenvalue weighted by atomic mass is 16.6. The van der Waals surface area contributed by atoms with E-state index in [-0.39, 0.29) is 88.0 Å². The highest BCUT2D eigenvalue weighted by Gasteiger charge is 2.65. The second-order valence-electron chi connectivity index (χ2n) is 22.0. The maximum atomic E-state index is 13.4. The van der Waals surface area contributed by atoms with Gasteiger partial charge < -0.3 is 45.7 Å². The van der Waals surface area contributed by atoms with E-state index in [1.807, 2.05) is 36.2 Å². The molecule has 69 heavy (non-hydrogen) atoms. The lowest BCUT2D eigenvalue weighted by molar-refractivity contribution is -0.383. The zero-order chi connectivity index (χ0) is 49.2. The van der Waals surface area contributed by atoms with Gasteiger partial charge in [0.1, 0.15) is 12.5 Å². The van der Waals surface area contributed by atoms with Crippen LogP contribution in [0.15, 0.2) is 53.3 Å². The number of benzene rings is 2. The van der Waals surface area contributed by atoms with Crippen molar-refractivity contribution in [2.24, 2.45) is 46.3 Å². The second-order valence-corrected chi connectivity index (χ2v) is 22.0. The number of hydrogen-bond acceptors (Lipinski definition) is 13. The fourth-order valence-corrected chi connectivity index (χ4v) is 14.1. The largest absolute Gasteiger partial charge is 0.480 e. The summed E-state index contributed by atoms with van der Waals surface area (Å²) in [7, 11) is 2.03. The molecular weight excluding hydrogens is 883 g/mol. The Labute approximate surface area is 405 Å². The molecule has 3 aromatic rings. The number of rotatable bonds is 17. The molecule has 1 aliphatic heterocycles. The molecule has 1 amide bonds. The van der Waals surface area contributed by atoms with E-state index in [0.29, 0.717) is 68.3 Å². The second kappa shape index (κ2) is 21.4. The van der Waals surface area contributed by atoms with Gasteiger partial charge in [0, 0.05) is 81.8 Å². The summed E-state index contributed by atoms with van der Waals surface area (Å²) in [6, 6.07) is 11.0. The van der Waals surface area contributed by atoms with E-state index < -0.39 is 24.1 Å². The molecule has 7 N–H and O–H groups in total. The summed E-state index contributed by atoms with van der Waals surface area (Å²) in [6.07, 6.45) is 9.70. The normalized spacial score (nSPS) is 32.1. The zero-order valence-electron chi connectivity index (χ0n) is 40.9. The van der Waals surface area contributed by atoms with Crippen LogP contribution >= 0.6 is 0 Å². The molecule has 1 saturated heterocycles. The number of nitrogens with one attached hydrogen (secondary N) is 3. The van der Waals surface area contributed by atoms with E-state index in [2.05, 4.69) is 46.5 Å². The van der Waals surface area contributed by atoms with E-state index >= 15 is 0 Å². The van der Waals surface area contributed by atoms with Crippen molar-refractivity contribution in [1.29, 1.82) is 0 Å². The minimum absolute atomic E-state index is 0.0156. The summed E-state index contributed by atoms with van der Waals surface area (Å²) in [4.78, 5) is 54.1. The third-order valence-electron chi connectivity index (χ3n) is 18.0. The molecule has 5 aliphatic rings. The molecule has 8 rings (SSSR count). The van der Waals surface area contributed by atoms with Gasteiger partial charge in [-0.25, -0.2) is 0 Å². The topological polar surface area (TPSA) is 234 Å². The van der Waals surface area contributed by atoms with Gasteiger partial charge in [-0.05, 0) is 135 Å². The number of nitro benzene ring substituents is 1. The van der Waals surface area contributed by atoms with Gasteiger partial charge in [0.25, 0.3) is 5.69 Å². The van der Waals surface area contributed by atoms with Crippen LogP contribution in [0.25, 0.3) is 10.8 Å². The van der Waals surface area contributed by atoms with Crippen molar-refractivity contribution in [2.75, 3.05) is 76.6 Å². The highest BCUT2D eigenvalue weighted by Crippen LogP contribution is 2.68. The van der Waals surface area contributed by atoms with Gasteiger partial charge in [0.2, 0.25) is 5.91 Å². The van der Waals surface area contributed by atoms with Crippen LogP contribution in [0.3, 0.4) is 0 Å². The predicted octanol–water partition coefficient (Wildman–Crippen LogP) is 6.00. The summed E-state index contributed by atoms with van der Waals surface area (Å²) >= 11 is 0. The Morgan fingerprint density at radius 3 is 2.32 bits per heavy atom. The SMILES string of the molecule is CC(CCC(=O)Nc1ccc(CC(CN2CCN(C)CCN(CC(=O)O)CC2)NCC(=O)O)cc1)[C@H]1CCC2C3C(C[C@H](O)[C@@]21C)[C@@]1(C)CCC(Nc2ccc([N+](=O)[O-])c4cocc24)C[C@H]1C[C@H]3O. The first-order valence-electron chi connectivity index (χ1n) is 25.4. The molecule has 12 atom stereocenters. The smallest absolute Gasteiger partial charge is 0.317 e. The summed E-state index contributed by atoms with van der Waals surface area (Å²) in [6.45, 7) is 11.6. The molecular formula is C52H75N7O10. The van der Waals surface area contributed by atoms with Crippen molar-refractivity contribution >= 4 is 45.7 Å². The molecule has 0 radical (unpaired) electrons. The number of nitrogens with zero attached hydrogens (tertiary/aromatic N) is 4. The summed E-state index contributed by atoms with van der Waals surface area (Å²) in [5.74, 6) is -0.663. The lowest BCUT2D eigenvalue weighted by atomic mass is 9.43. The molecule has 4 saturated carbocycles. The lowest BCUT2D eigenvalue weighted by Gasteiger charge is -2.63. The Bertz CT molecular complexity index is 2290. The fourth-order valence-electron chi connectivity index (χ4n) is 14.1. The monoisotopic (exact) mass is 958 g/mol. The number of carboxylic acids is 2. The number of fused-ring (bicyclic) bond motifs is 6. The van der Waals surface area contributed by atoms with E-state index in [4.69, 9.17) is 4.42 Å². The van der Waals surface area contributed by atoms with Gasteiger partial charge in [-0.15, -0.1) is 0 Å². The Morgan fingerprint density at radius 1 is 0.884 bits per heavy atom. The van der Waals surface area contributed by atoms with Crippen LogP contribution in [0.1, 0.15) is 84.1 Å². The third-order valence-corrected chi connectivity index (χ3v) is 18.0. The van der Waals surface area contributed by atoms with Gasteiger partial charge in [-0.1, -0.05) is 32.9 Å². The van der Waals surface area contributed by atoms with Gasteiger partial charge >= 0.3 is 11.9 Å². The molecule has 2 heterocycles. The molecule has 5 fully saturated rings. The number of nitro groups is 1. The molecule has 6 unspecified atom stereocenters. The van der Waals surface area contributed by atoms with Crippen LogP contribution in [0.2, 0.25) is 0 Å². The number of aliphatic carboxylic acids is 2. The van der Waals surface area contributed by atoms with Crippen LogP contribution in [0.4, 0.5) is 17.1 Å². The minimum atomic E-state index is -0.935. The van der Waals surface area contributed by atoms with Crippen molar-refractivity contribution in [2.45, 2.75) is 109 Å². The molecule has 0 spiro atoms. The molecule has 1 aromatic heterocycles. The van der Waals surface area contributed by atoms with Crippen LogP contribution in [0.5, 0.6) is 0 Å². The first-order chi connectivity index (χ1) is 32.9. The average Bonchev–Trinajstić information content (AvgIpc) is 3.96. The Balaban J connectivity index is 0.839. The maximum Gasteiger partial charge on any atom is 0.317 e. The molecule has 0 bridgehead atoms. The van der Waals surface area contributed by atoms with Crippen molar-refractivity contribution < 1.29 is 44.2 Å². The number of amides is 1. The van der Waals surface area contributed by atoms with E-state index in [1.54, 1.807) is 12.3 Å². The lowest BCUT2D eigenvalue weighted by Crippen LogP contribution is -2.62. The number of non-ortho nitro benzene ring substituents is 1. The number of carbonyl (C=O) groups excluding carboxylic acids is 1. The molecule has 17 nitrogen and oxygen atoms in total. The fraction of sp³-hybridized carbons (Fsp3) is 0.673. The van der Waals surface area contributed by atoms with Crippen LogP contribution in [0, 0.1) is 56.5 Å². The summed E-state index contributed by atoms with van der Waals surface area (Å²) < 4.78 is 5.39. The van der Waals surface area contributed by atoms with Crippen LogP contribution in [-0.4, -0.2) is 148 Å². The third kappa shape index (κ3) is 11.1. The Hall–Kier alpha value is -4.65. The van der Waals surface area contributed by atoms with E-state index in [9.17, 15) is 44.9 Å². The Morgan fingerprint density at radius 2 is 1.59 bits per heavy atom. The number of carboxylic acid groups (broad SMARTS) is 2. The van der Waals surface area contributed by atoms with Crippen LogP contribution in [-0.2, 0) is 20.8 Å². The summed E-state index contributed by atoms with van der Waals surface area (Å²) in [5.41, 5.74) is 2.15. The average molecular weight is 958 g/mol. The van der Waals surface area contributed by atoms with Gasteiger partial charge in [0.15, 0.2) is 0 Å². The molecule has 2 aromatic carbocycles. The molecule has 17 heteroatoms. The van der Waals surface area contributed by atoms with E-state index in [1.165, 1.54) is 12.3 Å². The van der Waals surface area contributed by atoms with Crippen molar-refractivity contribution in [3.05, 3.63) is 64.6 Å². The van der Waals surface area contributed by atoms with Crippen molar-refractivity contribution in [1.82, 2.24) is 20.0 Å².